The lowest BCUT2D eigenvalue weighted by molar-refractivity contribution is -0.151. The third-order valence-corrected chi connectivity index (χ3v) is 19.6. The van der Waals surface area contributed by atoms with Crippen molar-refractivity contribution < 1.29 is 102 Å². The van der Waals surface area contributed by atoms with Crippen molar-refractivity contribution in [1.82, 2.24) is 62.6 Å². The molecule has 3 saturated heterocycles. The van der Waals surface area contributed by atoms with E-state index in [4.69, 9.17) is 22.9 Å². The van der Waals surface area contributed by atoms with E-state index in [0.717, 1.165) is 6.92 Å². The summed E-state index contributed by atoms with van der Waals surface area (Å²) in [4.78, 5) is 225. The highest BCUT2D eigenvalue weighted by Crippen LogP contribution is 2.30. The van der Waals surface area contributed by atoms with Gasteiger partial charge < -0.3 is 111 Å². The van der Waals surface area contributed by atoms with Crippen LogP contribution in [0.2, 0.25) is 0 Å². The first-order chi connectivity index (χ1) is 52.4. The first-order valence-corrected chi connectivity index (χ1v) is 37.8. The van der Waals surface area contributed by atoms with E-state index < -0.39 is 211 Å². The van der Waals surface area contributed by atoms with Crippen LogP contribution >= 0.6 is 11.8 Å². The SMILES string of the molecule is CSCC[C@H](NC(=O)[C@H](Cc1ccc(O)cc1)NC(=O)[C@@H](NC(=O)[C@@H](N)CC(N)=O)[C@@H](C)O)C(=O)N[C@@H](CCC(N)=O)C(=O)N[C@@H](Cc1ccc(O)cc1)C(=O)N[C@@H](CC(C)C)C(=O)N[C@@H](CC(N)=O)C(=O)N1CCC[C@H]1C(=O)N1CCC[C@H]1C(=O)N1CCC[C@H]1C(=O)N[C@@H](Cc1ccc(O)cc1)C(=O)N[C@@H](C)C(=O)O. The molecule has 38 heteroatoms. The Bertz CT molecular complexity index is 3850. The number of phenolic OH excluding ortho intramolecular Hbond substituents is 3. The zero-order valence-electron chi connectivity index (χ0n) is 62.4. The molecule has 0 bridgehead atoms. The van der Waals surface area contributed by atoms with Gasteiger partial charge in [-0.2, -0.15) is 11.8 Å². The third kappa shape index (κ3) is 26.8. The van der Waals surface area contributed by atoms with Crippen LogP contribution < -0.4 is 70.8 Å². The molecule has 0 aromatic heterocycles. The number of primary amides is 3. The second-order valence-electron chi connectivity index (χ2n) is 28.3. The zero-order chi connectivity index (χ0) is 82.1. The minimum atomic E-state index is -1.77. The summed E-state index contributed by atoms with van der Waals surface area (Å²) in [7, 11) is 0. The number of nitrogens with two attached hydrogens (primary N) is 4. The number of amides is 15. The lowest BCUT2D eigenvalue weighted by Crippen LogP contribution is -2.62. The summed E-state index contributed by atoms with van der Waals surface area (Å²) in [5.41, 5.74) is 23.4. The van der Waals surface area contributed by atoms with Crippen molar-refractivity contribution in [1.29, 1.82) is 0 Å². The number of carboxylic acids is 1. The molecule has 22 N–H and O–H groups in total. The van der Waals surface area contributed by atoms with Crippen molar-refractivity contribution in [2.24, 2.45) is 28.9 Å². The summed E-state index contributed by atoms with van der Waals surface area (Å²) >= 11 is 1.25. The number of aliphatic carboxylic acids is 1. The van der Waals surface area contributed by atoms with Gasteiger partial charge in [-0.25, -0.2) is 0 Å². The van der Waals surface area contributed by atoms with E-state index in [9.17, 15) is 102 Å². The Labute approximate surface area is 644 Å². The van der Waals surface area contributed by atoms with Crippen molar-refractivity contribution in [3.63, 3.8) is 0 Å². The number of thioether (sulfide) groups is 1. The largest absolute Gasteiger partial charge is 0.508 e. The van der Waals surface area contributed by atoms with Crippen LogP contribution in [-0.4, -0.2) is 251 Å². The molecule has 3 fully saturated rings. The Morgan fingerprint density at radius 1 is 0.450 bits per heavy atom. The number of rotatable bonds is 41. The maximum atomic E-state index is 14.9. The Morgan fingerprint density at radius 3 is 1.27 bits per heavy atom. The average molecular weight is 1570 g/mol. The molecule has 0 spiro atoms. The summed E-state index contributed by atoms with van der Waals surface area (Å²) in [6.45, 7) is 5.89. The molecular weight excluding hydrogens is 1470 g/mol. The van der Waals surface area contributed by atoms with Crippen LogP contribution in [0.1, 0.15) is 121 Å². The average Bonchev–Trinajstić information content (AvgIpc) is 1.62. The smallest absolute Gasteiger partial charge is 0.325 e. The topological polar surface area (TPSA) is 596 Å². The number of nitrogens with zero attached hydrogens (tertiary/aromatic N) is 3. The molecule has 606 valence electrons. The van der Waals surface area contributed by atoms with Crippen LogP contribution in [0.4, 0.5) is 0 Å². The highest BCUT2D eigenvalue weighted by atomic mass is 32.2. The molecule has 15 amide bonds. The molecular formula is C73H102N16O21S. The summed E-state index contributed by atoms with van der Waals surface area (Å²) in [6, 6.07) is -2.57. The van der Waals surface area contributed by atoms with E-state index in [1.165, 1.54) is 106 Å². The Hall–Kier alpha value is -11.2. The first-order valence-electron chi connectivity index (χ1n) is 36.4. The number of aliphatic hydroxyl groups excluding tert-OH is 1. The van der Waals surface area contributed by atoms with E-state index in [2.05, 4.69) is 47.9 Å². The Balaban J connectivity index is 1.20. The van der Waals surface area contributed by atoms with E-state index in [1.54, 1.807) is 20.1 Å². The molecule has 0 unspecified atom stereocenters. The van der Waals surface area contributed by atoms with E-state index in [0.29, 0.717) is 29.5 Å². The van der Waals surface area contributed by atoms with Crippen molar-refractivity contribution in [3.8, 4) is 17.2 Å². The number of likely N-dealkylation sites (tertiary alicyclic amines) is 3. The number of carbonyl (C=O) groups is 16. The number of hydrogen-bond donors (Lipinski definition) is 18. The minimum Gasteiger partial charge on any atom is -0.508 e. The standard InChI is InChI=1S/C73H102N16O21S/c1-37(2)31-49(65(101)85-53(36-59(77)96)70(106)88-28-7-10-55(88)72(108)89-29-8-11-56(89)71(107)87-27-6-9-54(87)68(104)83-50(64(100)78-38(3)73(109)110)32-40-12-18-43(91)19-13-40)81-67(103)51(33-41-14-20-44(92)21-15-41)82-62(98)47(24-25-57(75)94)79-63(99)48(26-30-111-5)80-66(102)52(34-42-16-22-45(93)23-17-42)84-69(105)60(39(4)90)86-61(97)46(74)35-58(76)95/h12-23,37-39,46-56,60,90-93H,6-11,24-36,74H2,1-5H3,(H2,75,94)(H2,76,95)(H2,77,96)(H,78,100)(H,79,99)(H,80,102)(H,81,103)(H,82,98)(H,83,104)(H,84,105)(H,85,101)(H,86,97)(H,109,110)/t38-,39+,46-,47-,48-,49-,50-,51-,52-,53-,54-,55-,56-,60-/m0/s1. The molecule has 111 heavy (non-hydrogen) atoms. The maximum Gasteiger partial charge on any atom is 0.325 e. The number of benzene rings is 3. The number of phenols is 3. The molecule has 0 aliphatic carbocycles. The second kappa shape index (κ2) is 42.1. The van der Waals surface area contributed by atoms with Crippen molar-refractivity contribution in [3.05, 3.63) is 89.5 Å². The molecule has 3 aliphatic heterocycles. The van der Waals surface area contributed by atoms with Gasteiger partial charge in [0, 0.05) is 45.3 Å². The van der Waals surface area contributed by atoms with Crippen LogP contribution in [0.3, 0.4) is 0 Å². The van der Waals surface area contributed by atoms with Gasteiger partial charge in [0.1, 0.15) is 89.8 Å². The number of nitrogens with one attached hydrogen (secondary N) is 9. The molecule has 3 aromatic rings. The van der Waals surface area contributed by atoms with E-state index in [1.807, 2.05) is 0 Å². The van der Waals surface area contributed by atoms with Gasteiger partial charge in [0.05, 0.1) is 25.0 Å². The number of aliphatic hydroxyl groups is 1. The van der Waals surface area contributed by atoms with Gasteiger partial charge in [0.15, 0.2) is 0 Å². The van der Waals surface area contributed by atoms with Gasteiger partial charge in [-0.3, -0.25) is 76.7 Å². The van der Waals surface area contributed by atoms with Crippen LogP contribution in [0.5, 0.6) is 17.2 Å². The van der Waals surface area contributed by atoms with Crippen molar-refractivity contribution in [2.45, 2.75) is 209 Å². The minimum absolute atomic E-state index is 0.0544. The molecule has 0 radical (unpaired) electrons. The Kier molecular flexibility index (Phi) is 33.7. The lowest BCUT2D eigenvalue weighted by Gasteiger charge is -2.35. The van der Waals surface area contributed by atoms with Crippen LogP contribution in [0.15, 0.2) is 72.8 Å². The molecule has 3 aromatic carbocycles. The van der Waals surface area contributed by atoms with Gasteiger partial charge in [-0.05, 0) is 143 Å². The first kappa shape index (κ1) is 88.7. The molecule has 3 heterocycles. The molecule has 37 nitrogen and oxygen atoms in total. The Morgan fingerprint density at radius 2 is 0.829 bits per heavy atom. The lowest BCUT2D eigenvalue weighted by atomic mass is 10.00. The van der Waals surface area contributed by atoms with Crippen molar-refractivity contribution in [2.75, 3.05) is 31.6 Å². The number of carboxylic acid groups (broad SMARTS) is 1. The van der Waals surface area contributed by atoms with Crippen LogP contribution in [-0.2, 0) is 96.0 Å². The van der Waals surface area contributed by atoms with E-state index >= 15 is 0 Å². The monoisotopic (exact) mass is 1570 g/mol. The van der Waals surface area contributed by atoms with Gasteiger partial charge in [0.2, 0.25) is 88.6 Å². The summed E-state index contributed by atoms with van der Waals surface area (Å²) in [6.07, 6.45) is -2.08. The van der Waals surface area contributed by atoms with Gasteiger partial charge in [-0.1, -0.05) is 50.2 Å². The van der Waals surface area contributed by atoms with Crippen molar-refractivity contribution >= 4 is 106 Å². The van der Waals surface area contributed by atoms with Gasteiger partial charge in [-0.15, -0.1) is 0 Å². The van der Waals surface area contributed by atoms with E-state index in [-0.39, 0.29) is 100 Å². The predicted octanol–water partition coefficient (Wildman–Crippen LogP) is -4.20. The fraction of sp³-hybridized carbons (Fsp3) is 0.534. The molecule has 6 rings (SSSR count). The summed E-state index contributed by atoms with van der Waals surface area (Å²) in [5.74, 6) is -15.9. The summed E-state index contributed by atoms with van der Waals surface area (Å²) in [5, 5.41) is 72.9. The van der Waals surface area contributed by atoms with Gasteiger partial charge in [0.25, 0.3) is 0 Å². The number of hydrogen-bond acceptors (Lipinski definition) is 22. The quantitative estimate of drug-likeness (QED) is 0.0256. The number of aromatic hydroxyl groups is 3. The fourth-order valence-electron chi connectivity index (χ4n) is 13.1. The highest BCUT2D eigenvalue weighted by molar-refractivity contribution is 7.98. The van der Waals surface area contributed by atoms with Gasteiger partial charge >= 0.3 is 5.97 Å². The van der Waals surface area contributed by atoms with Crippen LogP contribution in [0, 0.1) is 5.92 Å². The summed E-state index contributed by atoms with van der Waals surface area (Å²) < 4.78 is 0. The molecule has 14 atom stereocenters. The third-order valence-electron chi connectivity index (χ3n) is 19.0. The molecule has 3 aliphatic rings. The second-order valence-corrected chi connectivity index (χ2v) is 29.3. The zero-order valence-corrected chi connectivity index (χ0v) is 63.2. The number of carbonyl (C=O) groups excluding carboxylic acids is 15. The normalized spacial score (nSPS) is 18.3. The fourth-order valence-corrected chi connectivity index (χ4v) is 13.6. The maximum absolute atomic E-state index is 14.9. The predicted molar refractivity (Wildman–Crippen MR) is 398 cm³/mol. The molecule has 0 saturated carbocycles. The highest BCUT2D eigenvalue weighted by Gasteiger charge is 2.48. The van der Waals surface area contributed by atoms with Crippen LogP contribution in [0.25, 0.3) is 0 Å².